The lowest BCUT2D eigenvalue weighted by Gasteiger charge is -2.40. The first-order valence-corrected chi connectivity index (χ1v) is 11.6. The number of benzene rings is 2. The number of hydrogen-bond acceptors (Lipinski definition) is 7. The Morgan fingerprint density at radius 3 is 2.58 bits per heavy atom. The van der Waals surface area contributed by atoms with Gasteiger partial charge in [0, 0.05) is 5.02 Å². The summed E-state index contributed by atoms with van der Waals surface area (Å²) in [6.07, 6.45) is -2.50. The number of aliphatic hydroxyl groups is 3. The van der Waals surface area contributed by atoms with Crippen LogP contribution >= 0.6 is 23.4 Å². The van der Waals surface area contributed by atoms with Crippen molar-refractivity contribution in [1.29, 1.82) is 0 Å². The van der Waals surface area contributed by atoms with Crippen LogP contribution in [0.1, 0.15) is 22.8 Å². The summed E-state index contributed by atoms with van der Waals surface area (Å²) in [7, 11) is 0. The number of epoxide rings is 1. The van der Waals surface area contributed by atoms with Gasteiger partial charge in [0.25, 0.3) is 0 Å². The molecule has 0 spiro atoms. The van der Waals surface area contributed by atoms with Gasteiger partial charge in [0.1, 0.15) is 42.6 Å². The standard InChI is InChI=1S/C22H24ClFO6S/c1-31-22-20(27)18(25)19(26)21(30-22)12-3-4-15(23)13(8-12)6-11-2-5-17(16(24)7-11)29-10-14-9-28-14/h2-5,7-8,14,18-22,25-27H,6,9-10H2,1H3/t14-,18+,19+,20-,21-,22+/m0/s1. The number of thioether (sulfide) groups is 1. The Bertz CT molecular complexity index is 925. The Morgan fingerprint density at radius 1 is 1.13 bits per heavy atom. The van der Waals surface area contributed by atoms with Crippen molar-refractivity contribution in [3.05, 3.63) is 63.9 Å². The highest BCUT2D eigenvalue weighted by atomic mass is 35.5. The summed E-state index contributed by atoms with van der Waals surface area (Å²) in [5, 5.41) is 31.2. The van der Waals surface area contributed by atoms with Crippen LogP contribution in [0, 0.1) is 5.82 Å². The molecule has 2 aromatic rings. The molecular weight excluding hydrogens is 447 g/mol. The second-order valence-electron chi connectivity index (χ2n) is 7.69. The lowest BCUT2D eigenvalue weighted by atomic mass is 9.92. The topological polar surface area (TPSA) is 91.7 Å². The average Bonchev–Trinajstić information content (AvgIpc) is 3.58. The minimum absolute atomic E-state index is 0.0447. The predicted molar refractivity (Wildman–Crippen MR) is 115 cm³/mol. The summed E-state index contributed by atoms with van der Waals surface area (Å²) >= 11 is 7.61. The van der Waals surface area contributed by atoms with Crippen LogP contribution in [0.15, 0.2) is 36.4 Å². The molecule has 0 aliphatic carbocycles. The van der Waals surface area contributed by atoms with E-state index in [1.54, 1.807) is 36.6 Å². The summed E-state index contributed by atoms with van der Waals surface area (Å²) < 4.78 is 30.7. The fourth-order valence-electron chi connectivity index (χ4n) is 3.56. The largest absolute Gasteiger partial charge is 0.488 e. The number of rotatable bonds is 7. The molecule has 3 N–H and O–H groups in total. The highest BCUT2D eigenvalue weighted by molar-refractivity contribution is 7.99. The van der Waals surface area contributed by atoms with Gasteiger partial charge in [-0.25, -0.2) is 4.39 Å². The van der Waals surface area contributed by atoms with E-state index >= 15 is 0 Å². The quantitative estimate of drug-likeness (QED) is 0.536. The highest BCUT2D eigenvalue weighted by Gasteiger charge is 2.44. The van der Waals surface area contributed by atoms with Gasteiger partial charge < -0.3 is 29.5 Å². The van der Waals surface area contributed by atoms with Crippen LogP contribution < -0.4 is 4.74 Å². The van der Waals surface area contributed by atoms with Crippen LogP contribution in [0.3, 0.4) is 0 Å². The van der Waals surface area contributed by atoms with Gasteiger partial charge in [-0.05, 0) is 47.6 Å². The Labute approximate surface area is 188 Å². The van der Waals surface area contributed by atoms with Gasteiger partial charge in [0.05, 0.1) is 6.61 Å². The van der Waals surface area contributed by atoms with E-state index < -0.39 is 35.7 Å². The lowest BCUT2D eigenvalue weighted by molar-refractivity contribution is -0.200. The summed E-state index contributed by atoms with van der Waals surface area (Å²) in [6.45, 7) is 0.965. The summed E-state index contributed by atoms with van der Waals surface area (Å²) in [4.78, 5) is 0. The molecule has 0 aromatic heterocycles. The van der Waals surface area contributed by atoms with Gasteiger partial charge >= 0.3 is 0 Å². The van der Waals surface area contributed by atoms with Crippen LogP contribution in [-0.4, -0.2) is 64.6 Å². The second-order valence-corrected chi connectivity index (χ2v) is 9.03. The third kappa shape index (κ3) is 5.17. The van der Waals surface area contributed by atoms with E-state index in [1.165, 1.54) is 17.8 Å². The third-order valence-electron chi connectivity index (χ3n) is 5.42. The molecule has 2 heterocycles. The third-order valence-corrected chi connectivity index (χ3v) is 6.64. The first kappa shape index (κ1) is 22.8. The van der Waals surface area contributed by atoms with E-state index in [9.17, 15) is 19.7 Å². The van der Waals surface area contributed by atoms with Crippen molar-refractivity contribution in [2.45, 2.75) is 42.4 Å². The molecule has 2 saturated heterocycles. The van der Waals surface area contributed by atoms with Crippen LogP contribution in [0.2, 0.25) is 5.02 Å². The van der Waals surface area contributed by atoms with Crippen molar-refractivity contribution in [3.8, 4) is 5.75 Å². The predicted octanol–water partition coefficient (Wildman–Crippen LogP) is 2.69. The summed E-state index contributed by atoms with van der Waals surface area (Å²) in [5.41, 5.74) is 1.36. The molecule has 2 aliphatic heterocycles. The van der Waals surface area contributed by atoms with Crippen molar-refractivity contribution >= 4 is 23.4 Å². The van der Waals surface area contributed by atoms with E-state index in [-0.39, 0.29) is 11.9 Å². The Morgan fingerprint density at radius 2 is 1.90 bits per heavy atom. The van der Waals surface area contributed by atoms with E-state index in [0.717, 1.165) is 5.56 Å². The van der Waals surface area contributed by atoms with Crippen molar-refractivity contribution < 1.29 is 33.9 Å². The number of aliphatic hydroxyl groups excluding tert-OH is 3. The van der Waals surface area contributed by atoms with Gasteiger partial charge in [-0.15, -0.1) is 11.8 Å². The molecular formula is C22H24ClFO6S. The molecule has 31 heavy (non-hydrogen) atoms. The smallest absolute Gasteiger partial charge is 0.165 e. The zero-order chi connectivity index (χ0) is 22.1. The molecule has 168 valence electrons. The Hall–Kier alpha value is -1.39. The van der Waals surface area contributed by atoms with E-state index in [1.807, 2.05) is 0 Å². The lowest BCUT2D eigenvalue weighted by Crippen LogP contribution is -2.52. The van der Waals surface area contributed by atoms with Crippen molar-refractivity contribution in [2.24, 2.45) is 0 Å². The molecule has 0 radical (unpaired) electrons. The maximum absolute atomic E-state index is 14.4. The average molecular weight is 471 g/mol. The molecule has 6 atom stereocenters. The molecule has 0 unspecified atom stereocenters. The van der Waals surface area contributed by atoms with E-state index in [0.29, 0.717) is 35.8 Å². The fourth-order valence-corrected chi connectivity index (χ4v) is 4.42. The van der Waals surface area contributed by atoms with E-state index in [2.05, 4.69) is 0 Å². The maximum Gasteiger partial charge on any atom is 0.165 e. The zero-order valence-corrected chi connectivity index (χ0v) is 18.4. The van der Waals surface area contributed by atoms with Gasteiger partial charge in [0.2, 0.25) is 0 Å². The van der Waals surface area contributed by atoms with Crippen molar-refractivity contribution in [1.82, 2.24) is 0 Å². The normalized spacial score (nSPS) is 30.3. The van der Waals surface area contributed by atoms with Gasteiger partial charge in [-0.2, -0.15) is 0 Å². The molecule has 4 rings (SSSR count). The monoisotopic (exact) mass is 470 g/mol. The molecule has 0 saturated carbocycles. The second kappa shape index (κ2) is 9.62. The first-order chi connectivity index (χ1) is 14.9. The summed E-state index contributed by atoms with van der Waals surface area (Å²) in [5.74, 6) is -0.287. The molecule has 2 aromatic carbocycles. The van der Waals surface area contributed by atoms with Gasteiger partial charge in [-0.3, -0.25) is 0 Å². The SMILES string of the molecule is CS[C@H]1O[C@@H](c2ccc(Cl)c(Cc3ccc(OC[C@@H]4CO4)c(F)c3)c2)[C@H](O)[C@@H](O)[C@@H]1O. The van der Waals surface area contributed by atoms with Crippen LogP contribution in [0.4, 0.5) is 4.39 Å². The minimum Gasteiger partial charge on any atom is -0.488 e. The number of halogens is 2. The number of hydrogen-bond donors (Lipinski definition) is 3. The zero-order valence-electron chi connectivity index (χ0n) is 16.8. The van der Waals surface area contributed by atoms with E-state index in [4.69, 9.17) is 25.8 Å². The molecule has 6 nitrogen and oxygen atoms in total. The van der Waals surface area contributed by atoms with Gasteiger partial charge in [0.15, 0.2) is 11.6 Å². The molecule has 0 amide bonds. The van der Waals surface area contributed by atoms with Gasteiger partial charge in [-0.1, -0.05) is 29.8 Å². The van der Waals surface area contributed by atoms with Crippen LogP contribution in [0.25, 0.3) is 0 Å². The minimum atomic E-state index is -1.34. The molecule has 0 bridgehead atoms. The summed E-state index contributed by atoms with van der Waals surface area (Å²) in [6, 6.07) is 9.91. The molecule has 2 aliphatic rings. The molecule has 9 heteroatoms. The van der Waals surface area contributed by atoms with Crippen LogP contribution in [-0.2, 0) is 15.9 Å². The maximum atomic E-state index is 14.4. The Balaban J connectivity index is 1.52. The fraction of sp³-hybridized carbons (Fsp3) is 0.455. The number of ether oxygens (including phenoxy) is 3. The van der Waals surface area contributed by atoms with Crippen LogP contribution in [0.5, 0.6) is 5.75 Å². The first-order valence-electron chi connectivity index (χ1n) is 9.91. The highest BCUT2D eigenvalue weighted by Crippen LogP contribution is 2.37. The van der Waals surface area contributed by atoms with Crippen molar-refractivity contribution in [3.63, 3.8) is 0 Å². The van der Waals surface area contributed by atoms with Crippen molar-refractivity contribution in [2.75, 3.05) is 19.5 Å². The molecule has 2 fully saturated rings. The Kier molecular flexibility index (Phi) is 7.07.